The molecule has 0 spiro atoms. The van der Waals surface area contributed by atoms with Crippen LogP contribution < -0.4 is 9.47 Å². The van der Waals surface area contributed by atoms with Crippen LogP contribution in [-0.2, 0) is 6.61 Å². The molecule has 1 N–H and O–H groups in total. The molecule has 1 heterocycles. The predicted octanol–water partition coefficient (Wildman–Crippen LogP) is 3.80. The fourth-order valence-electron chi connectivity index (χ4n) is 2.12. The van der Waals surface area contributed by atoms with Crippen molar-refractivity contribution in [2.45, 2.75) is 6.61 Å². The number of ether oxygens (including phenoxy) is 2. The van der Waals surface area contributed by atoms with E-state index < -0.39 is 0 Å². The summed E-state index contributed by atoms with van der Waals surface area (Å²) in [5.41, 5.74) is 2.60. The van der Waals surface area contributed by atoms with Gasteiger partial charge in [0.15, 0.2) is 0 Å². The van der Waals surface area contributed by atoms with Crippen molar-refractivity contribution in [3.05, 3.63) is 66.0 Å². The number of nitrogens with zero attached hydrogens (tertiary/aromatic N) is 1. The van der Waals surface area contributed by atoms with Gasteiger partial charge in [-0.25, -0.2) is 4.39 Å². The van der Waals surface area contributed by atoms with Crippen molar-refractivity contribution >= 4 is 0 Å². The monoisotopic (exact) mass is 298 g/mol. The highest BCUT2D eigenvalue weighted by molar-refractivity contribution is 5.67. The summed E-state index contributed by atoms with van der Waals surface area (Å²) in [5.74, 6) is 0.975. The Balaban J connectivity index is 1.72. The standard InChI is InChI=1S/C17H15FN2O2/c1-21-16-5-3-2-4-14(16)15-10-17(20-19-15)22-11-12-6-8-13(18)9-7-12/h2-10H,11H2,1H3,(H,19,20). The van der Waals surface area contributed by atoms with Gasteiger partial charge < -0.3 is 9.47 Å². The van der Waals surface area contributed by atoms with Crippen molar-refractivity contribution in [2.24, 2.45) is 0 Å². The minimum Gasteiger partial charge on any atom is -0.496 e. The van der Waals surface area contributed by atoms with Gasteiger partial charge >= 0.3 is 0 Å². The van der Waals surface area contributed by atoms with Gasteiger partial charge in [0.05, 0.1) is 12.8 Å². The predicted molar refractivity (Wildman–Crippen MR) is 81.3 cm³/mol. The molecule has 5 heteroatoms. The Bertz CT molecular complexity index is 753. The summed E-state index contributed by atoms with van der Waals surface area (Å²) in [6.07, 6.45) is 0. The van der Waals surface area contributed by atoms with E-state index in [9.17, 15) is 4.39 Å². The van der Waals surface area contributed by atoms with Crippen LogP contribution in [-0.4, -0.2) is 17.3 Å². The normalized spacial score (nSPS) is 10.5. The first-order valence-electron chi connectivity index (χ1n) is 6.82. The molecule has 0 saturated heterocycles. The van der Waals surface area contributed by atoms with Crippen molar-refractivity contribution < 1.29 is 13.9 Å². The van der Waals surface area contributed by atoms with Crippen LogP contribution in [0.25, 0.3) is 11.3 Å². The van der Waals surface area contributed by atoms with E-state index in [0.717, 1.165) is 22.6 Å². The molecule has 2 aromatic carbocycles. The van der Waals surface area contributed by atoms with Crippen molar-refractivity contribution in [3.8, 4) is 22.9 Å². The van der Waals surface area contributed by atoms with Crippen LogP contribution in [0, 0.1) is 5.82 Å². The zero-order valence-electron chi connectivity index (χ0n) is 12.0. The highest BCUT2D eigenvalue weighted by Gasteiger charge is 2.09. The second kappa shape index (κ2) is 6.30. The van der Waals surface area contributed by atoms with Gasteiger partial charge in [0, 0.05) is 11.6 Å². The number of rotatable bonds is 5. The Morgan fingerprint density at radius 1 is 1.09 bits per heavy atom. The molecule has 1 aromatic heterocycles. The molecule has 0 bridgehead atoms. The molecule has 3 rings (SSSR count). The maximum absolute atomic E-state index is 12.8. The number of benzene rings is 2. The SMILES string of the molecule is COc1ccccc1-c1cc(OCc2ccc(F)cc2)n[nH]1. The van der Waals surface area contributed by atoms with E-state index in [1.54, 1.807) is 25.3 Å². The molecule has 3 aromatic rings. The molecule has 112 valence electrons. The lowest BCUT2D eigenvalue weighted by Crippen LogP contribution is -1.95. The minimum atomic E-state index is -0.262. The maximum atomic E-state index is 12.8. The van der Waals surface area contributed by atoms with Crippen LogP contribution in [0.5, 0.6) is 11.6 Å². The van der Waals surface area contributed by atoms with Gasteiger partial charge in [0.2, 0.25) is 5.88 Å². The third kappa shape index (κ3) is 3.09. The Morgan fingerprint density at radius 3 is 2.64 bits per heavy atom. The summed E-state index contributed by atoms with van der Waals surface area (Å²) < 4.78 is 23.8. The number of halogens is 1. The van der Waals surface area contributed by atoms with E-state index in [4.69, 9.17) is 9.47 Å². The number of aromatic amines is 1. The van der Waals surface area contributed by atoms with E-state index >= 15 is 0 Å². The highest BCUT2D eigenvalue weighted by Crippen LogP contribution is 2.29. The van der Waals surface area contributed by atoms with Gasteiger partial charge in [-0.2, -0.15) is 0 Å². The van der Waals surface area contributed by atoms with E-state index in [-0.39, 0.29) is 5.82 Å². The van der Waals surface area contributed by atoms with Gasteiger partial charge in [-0.1, -0.05) is 24.3 Å². The van der Waals surface area contributed by atoms with Crippen molar-refractivity contribution in [3.63, 3.8) is 0 Å². The molecule has 4 nitrogen and oxygen atoms in total. The number of nitrogens with one attached hydrogen (secondary N) is 1. The Labute approximate surface area is 127 Å². The average molecular weight is 298 g/mol. The zero-order chi connectivity index (χ0) is 15.4. The Kier molecular flexibility index (Phi) is 4.05. The van der Waals surface area contributed by atoms with E-state index in [1.165, 1.54) is 12.1 Å². The topological polar surface area (TPSA) is 47.1 Å². The molecule has 0 aliphatic heterocycles. The summed E-state index contributed by atoms with van der Waals surface area (Å²) >= 11 is 0. The van der Waals surface area contributed by atoms with Gasteiger partial charge in [-0.3, -0.25) is 5.10 Å². The summed E-state index contributed by atoms with van der Waals surface area (Å²) in [6, 6.07) is 15.6. The second-order valence-electron chi connectivity index (χ2n) is 4.74. The fraction of sp³-hybridized carbons (Fsp3) is 0.118. The van der Waals surface area contributed by atoms with E-state index in [1.807, 2.05) is 24.3 Å². The van der Waals surface area contributed by atoms with Crippen LogP contribution >= 0.6 is 0 Å². The Hall–Kier alpha value is -2.82. The fourth-order valence-corrected chi connectivity index (χ4v) is 2.12. The van der Waals surface area contributed by atoms with Crippen LogP contribution in [0.15, 0.2) is 54.6 Å². The first kappa shape index (κ1) is 14.1. The molecule has 22 heavy (non-hydrogen) atoms. The van der Waals surface area contributed by atoms with E-state index in [0.29, 0.717) is 12.5 Å². The molecule has 0 atom stereocenters. The van der Waals surface area contributed by atoms with Gasteiger partial charge in [-0.05, 0) is 29.8 Å². The molecular formula is C17H15FN2O2. The minimum absolute atomic E-state index is 0.262. The second-order valence-corrected chi connectivity index (χ2v) is 4.74. The molecule has 0 aliphatic carbocycles. The van der Waals surface area contributed by atoms with E-state index in [2.05, 4.69) is 10.2 Å². The highest BCUT2D eigenvalue weighted by atomic mass is 19.1. The van der Waals surface area contributed by atoms with Crippen LogP contribution in [0.4, 0.5) is 4.39 Å². The zero-order valence-corrected chi connectivity index (χ0v) is 12.0. The largest absolute Gasteiger partial charge is 0.496 e. The number of hydrogen-bond donors (Lipinski definition) is 1. The first-order chi connectivity index (χ1) is 10.8. The lowest BCUT2D eigenvalue weighted by atomic mass is 10.1. The Morgan fingerprint density at radius 2 is 1.86 bits per heavy atom. The molecule has 0 unspecified atom stereocenters. The van der Waals surface area contributed by atoms with Crippen molar-refractivity contribution in [1.29, 1.82) is 0 Å². The smallest absolute Gasteiger partial charge is 0.233 e. The maximum Gasteiger partial charge on any atom is 0.233 e. The molecular weight excluding hydrogens is 283 g/mol. The summed E-state index contributed by atoms with van der Waals surface area (Å²) in [7, 11) is 1.63. The molecule has 0 radical (unpaired) electrons. The number of methoxy groups -OCH3 is 1. The lowest BCUT2D eigenvalue weighted by Gasteiger charge is -2.05. The summed E-state index contributed by atoms with van der Waals surface area (Å²) in [6.45, 7) is 0.330. The third-order valence-corrected chi connectivity index (χ3v) is 3.25. The number of para-hydroxylation sites is 1. The van der Waals surface area contributed by atoms with Gasteiger partial charge in [-0.15, -0.1) is 5.10 Å². The summed E-state index contributed by atoms with van der Waals surface area (Å²) in [4.78, 5) is 0. The first-order valence-corrected chi connectivity index (χ1v) is 6.82. The third-order valence-electron chi connectivity index (χ3n) is 3.25. The van der Waals surface area contributed by atoms with Crippen molar-refractivity contribution in [2.75, 3.05) is 7.11 Å². The summed E-state index contributed by atoms with van der Waals surface area (Å²) in [5, 5.41) is 7.05. The quantitative estimate of drug-likeness (QED) is 0.779. The number of H-pyrrole nitrogens is 1. The van der Waals surface area contributed by atoms with Crippen LogP contribution in [0.1, 0.15) is 5.56 Å². The molecule has 0 amide bonds. The number of aromatic nitrogens is 2. The van der Waals surface area contributed by atoms with Crippen LogP contribution in [0.3, 0.4) is 0 Å². The van der Waals surface area contributed by atoms with Gasteiger partial charge in [0.1, 0.15) is 18.2 Å². The molecule has 0 fully saturated rings. The molecule has 0 aliphatic rings. The number of hydrogen-bond acceptors (Lipinski definition) is 3. The van der Waals surface area contributed by atoms with Crippen molar-refractivity contribution in [1.82, 2.24) is 10.2 Å². The van der Waals surface area contributed by atoms with Crippen LogP contribution in [0.2, 0.25) is 0 Å². The molecule has 0 saturated carbocycles. The lowest BCUT2D eigenvalue weighted by molar-refractivity contribution is 0.293. The average Bonchev–Trinajstić information content (AvgIpc) is 3.03. The van der Waals surface area contributed by atoms with Gasteiger partial charge in [0.25, 0.3) is 0 Å².